The molecule has 9 heteroatoms. The van der Waals surface area contributed by atoms with Crippen molar-refractivity contribution in [3.63, 3.8) is 0 Å². The molecule has 0 aliphatic heterocycles. The van der Waals surface area contributed by atoms with Crippen LogP contribution in [0.5, 0.6) is 0 Å². The van der Waals surface area contributed by atoms with Crippen LogP contribution in [0.1, 0.15) is 19.8 Å². The van der Waals surface area contributed by atoms with Gasteiger partial charge in [-0.2, -0.15) is 0 Å². The lowest BCUT2D eigenvalue weighted by Gasteiger charge is -2.11. The summed E-state index contributed by atoms with van der Waals surface area (Å²) in [4.78, 5) is 25.4. The number of halogens is 1. The summed E-state index contributed by atoms with van der Waals surface area (Å²) < 4.78 is 4.36. The van der Waals surface area contributed by atoms with E-state index in [-0.39, 0.29) is 17.2 Å². The minimum atomic E-state index is -0.146. The fraction of sp³-hybridized carbons (Fsp3) is 0.238. The van der Waals surface area contributed by atoms with Crippen LogP contribution in [-0.4, -0.2) is 30.8 Å². The Labute approximate surface area is 185 Å². The van der Waals surface area contributed by atoms with E-state index in [9.17, 15) is 9.59 Å². The smallest absolute Gasteiger partial charge is 0.262 e. The Kier molecular flexibility index (Phi) is 6.19. The average Bonchev–Trinajstić information content (AvgIpc) is 3.18. The van der Waals surface area contributed by atoms with Crippen LogP contribution in [0.4, 0.5) is 5.69 Å². The number of aryl methyl sites for hydroxylation is 1. The van der Waals surface area contributed by atoms with Gasteiger partial charge in [0.2, 0.25) is 11.7 Å². The predicted molar refractivity (Wildman–Crippen MR) is 123 cm³/mol. The molecule has 0 unspecified atom stereocenters. The molecule has 4 aromatic rings. The van der Waals surface area contributed by atoms with Crippen LogP contribution in [0.25, 0.3) is 16.7 Å². The van der Waals surface area contributed by atoms with Crippen LogP contribution >= 0.6 is 27.7 Å². The number of aromatic nitrogens is 4. The van der Waals surface area contributed by atoms with Crippen LogP contribution < -0.4 is 10.9 Å². The summed E-state index contributed by atoms with van der Waals surface area (Å²) >= 11 is 4.72. The molecular formula is C21H20BrN5O2S. The Balaban J connectivity index is 1.67. The van der Waals surface area contributed by atoms with Crippen molar-refractivity contribution in [2.24, 2.45) is 0 Å². The summed E-state index contributed by atoms with van der Waals surface area (Å²) in [6.07, 6.45) is 1.84. The molecule has 0 saturated carbocycles. The van der Waals surface area contributed by atoms with Gasteiger partial charge in [0, 0.05) is 11.0 Å². The van der Waals surface area contributed by atoms with Crippen LogP contribution in [0.3, 0.4) is 0 Å². The van der Waals surface area contributed by atoms with Gasteiger partial charge in [-0.1, -0.05) is 49.4 Å². The van der Waals surface area contributed by atoms with E-state index in [2.05, 4.69) is 38.4 Å². The first-order valence-electron chi connectivity index (χ1n) is 9.64. The summed E-state index contributed by atoms with van der Waals surface area (Å²) in [7, 11) is 0. The molecule has 1 amide bonds. The Morgan fingerprint density at radius 3 is 2.70 bits per heavy atom. The highest BCUT2D eigenvalue weighted by Gasteiger charge is 2.17. The molecule has 0 atom stereocenters. The second kappa shape index (κ2) is 9.01. The number of nitrogens with one attached hydrogen (secondary N) is 1. The van der Waals surface area contributed by atoms with Crippen LogP contribution in [0.15, 0.2) is 63.0 Å². The summed E-state index contributed by atoms with van der Waals surface area (Å²) in [5, 5.41) is 12.6. The highest BCUT2D eigenvalue weighted by molar-refractivity contribution is 9.10. The zero-order valence-corrected chi connectivity index (χ0v) is 18.7. The standard InChI is InChI=1S/C21H20BrN5O2S/c1-2-3-12-26-19(29)14-8-4-7-11-17(14)27-20(26)24-25-21(27)30-13-18(28)23-16-10-6-5-9-15(16)22/h4-11H,2-3,12-13H2,1H3,(H,23,28). The molecule has 30 heavy (non-hydrogen) atoms. The van der Waals surface area contributed by atoms with Gasteiger partial charge in [-0.3, -0.25) is 18.6 Å². The lowest BCUT2D eigenvalue weighted by molar-refractivity contribution is -0.113. The maximum absolute atomic E-state index is 13.0. The number of nitrogens with zero attached hydrogens (tertiary/aromatic N) is 4. The molecule has 0 fully saturated rings. The number of fused-ring (bicyclic) bond motifs is 3. The number of rotatable bonds is 7. The van der Waals surface area contributed by atoms with Gasteiger partial charge < -0.3 is 5.32 Å². The second-order valence-electron chi connectivity index (χ2n) is 6.76. The summed E-state index contributed by atoms with van der Waals surface area (Å²) in [6.45, 7) is 2.66. The third-order valence-electron chi connectivity index (χ3n) is 4.69. The van der Waals surface area contributed by atoms with Crippen molar-refractivity contribution in [1.29, 1.82) is 0 Å². The van der Waals surface area contributed by atoms with Crippen LogP contribution in [0, 0.1) is 0 Å². The highest BCUT2D eigenvalue weighted by Crippen LogP contribution is 2.24. The highest BCUT2D eigenvalue weighted by atomic mass is 79.9. The number of anilines is 1. The minimum Gasteiger partial charge on any atom is -0.324 e. The van der Waals surface area contributed by atoms with E-state index in [4.69, 9.17) is 0 Å². The third-order valence-corrected chi connectivity index (χ3v) is 6.31. The van der Waals surface area contributed by atoms with Crippen molar-refractivity contribution >= 4 is 56.0 Å². The Hall–Kier alpha value is -2.65. The Bertz CT molecular complexity index is 1280. The van der Waals surface area contributed by atoms with E-state index in [0.717, 1.165) is 22.8 Å². The van der Waals surface area contributed by atoms with Crippen LogP contribution in [0.2, 0.25) is 0 Å². The number of carbonyl (C=O) groups excluding carboxylic acids is 1. The molecule has 0 spiro atoms. The monoisotopic (exact) mass is 485 g/mol. The quantitative estimate of drug-likeness (QED) is 0.393. The number of hydrogen-bond acceptors (Lipinski definition) is 5. The number of para-hydroxylation sites is 2. The van der Waals surface area contributed by atoms with E-state index in [1.807, 2.05) is 52.9 Å². The van der Waals surface area contributed by atoms with Gasteiger partial charge in [-0.25, -0.2) is 0 Å². The van der Waals surface area contributed by atoms with Gasteiger partial charge in [0.1, 0.15) is 0 Å². The van der Waals surface area contributed by atoms with E-state index in [0.29, 0.717) is 28.6 Å². The zero-order valence-electron chi connectivity index (χ0n) is 16.3. The molecule has 0 aliphatic rings. The molecule has 0 radical (unpaired) electrons. The molecule has 2 heterocycles. The fourth-order valence-electron chi connectivity index (χ4n) is 3.22. The van der Waals surface area contributed by atoms with E-state index in [1.54, 1.807) is 4.57 Å². The molecule has 2 aromatic carbocycles. The number of amides is 1. The van der Waals surface area contributed by atoms with Crippen molar-refractivity contribution in [2.75, 3.05) is 11.1 Å². The lowest BCUT2D eigenvalue weighted by atomic mass is 10.2. The topological polar surface area (TPSA) is 81.3 Å². The minimum absolute atomic E-state index is 0.0674. The van der Waals surface area contributed by atoms with Gasteiger partial charge in [0.25, 0.3) is 5.56 Å². The molecule has 0 aliphatic carbocycles. The number of unbranched alkanes of at least 4 members (excludes halogenated alkanes) is 1. The van der Waals surface area contributed by atoms with Crippen molar-refractivity contribution in [2.45, 2.75) is 31.5 Å². The Morgan fingerprint density at radius 2 is 1.90 bits per heavy atom. The van der Waals surface area contributed by atoms with E-state index >= 15 is 0 Å². The zero-order chi connectivity index (χ0) is 21.1. The first-order chi connectivity index (χ1) is 14.6. The molecule has 0 saturated heterocycles. The van der Waals surface area contributed by atoms with E-state index < -0.39 is 0 Å². The predicted octanol–water partition coefficient (Wildman–Crippen LogP) is 4.34. The normalized spacial score (nSPS) is 11.3. The maximum Gasteiger partial charge on any atom is 0.262 e. The molecule has 0 bridgehead atoms. The van der Waals surface area contributed by atoms with Gasteiger partial charge in [-0.05, 0) is 46.6 Å². The SMILES string of the molecule is CCCCn1c(=O)c2ccccc2n2c(SCC(=O)Nc3ccccc3Br)nnc12. The third kappa shape index (κ3) is 3.99. The first kappa shape index (κ1) is 20.6. The molecule has 4 rings (SSSR count). The van der Waals surface area contributed by atoms with Crippen molar-refractivity contribution in [1.82, 2.24) is 19.2 Å². The molecule has 2 aromatic heterocycles. The summed E-state index contributed by atoms with van der Waals surface area (Å²) in [6, 6.07) is 14.9. The lowest BCUT2D eigenvalue weighted by Crippen LogP contribution is -2.23. The summed E-state index contributed by atoms with van der Waals surface area (Å²) in [5.74, 6) is 0.526. The summed E-state index contributed by atoms with van der Waals surface area (Å²) in [5.41, 5.74) is 1.39. The average molecular weight is 486 g/mol. The van der Waals surface area contributed by atoms with Gasteiger partial charge in [0.15, 0.2) is 5.16 Å². The Morgan fingerprint density at radius 1 is 1.13 bits per heavy atom. The van der Waals surface area contributed by atoms with Crippen molar-refractivity contribution < 1.29 is 4.79 Å². The molecular weight excluding hydrogens is 466 g/mol. The number of hydrogen-bond donors (Lipinski definition) is 1. The number of thioether (sulfide) groups is 1. The van der Waals surface area contributed by atoms with Crippen LogP contribution in [-0.2, 0) is 11.3 Å². The maximum atomic E-state index is 13.0. The van der Waals surface area contributed by atoms with Gasteiger partial charge in [0.05, 0.1) is 22.3 Å². The van der Waals surface area contributed by atoms with Crippen molar-refractivity contribution in [3.05, 3.63) is 63.4 Å². The number of benzene rings is 2. The molecule has 154 valence electrons. The number of carbonyl (C=O) groups is 1. The second-order valence-corrected chi connectivity index (χ2v) is 8.56. The molecule has 7 nitrogen and oxygen atoms in total. The fourth-order valence-corrected chi connectivity index (χ4v) is 4.35. The van der Waals surface area contributed by atoms with Crippen molar-refractivity contribution in [3.8, 4) is 0 Å². The van der Waals surface area contributed by atoms with E-state index in [1.165, 1.54) is 11.8 Å². The van der Waals surface area contributed by atoms with Gasteiger partial charge >= 0.3 is 0 Å². The molecule has 1 N–H and O–H groups in total. The van der Waals surface area contributed by atoms with Gasteiger partial charge in [-0.15, -0.1) is 10.2 Å². The largest absolute Gasteiger partial charge is 0.324 e. The first-order valence-corrected chi connectivity index (χ1v) is 11.4.